The van der Waals surface area contributed by atoms with Crippen molar-refractivity contribution in [3.8, 4) is 11.4 Å². The average Bonchev–Trinajstić information content (AvgIpc) is 2.93. The minimum absolute atomic E-state index is 0.0200. The highest BCUT2D eigenvalue weighted by atomic mass is 32.2. The van der Waals surface area contributed by atoms with E-state index in [9.17, 15) is 4.79 Å². The highest BCUT2D eigenvalue weighted by Crippen LogP contribution is 2.26. The van der Waals surface area contributed by atoms with Crippen molar-refractivity contribution >= 4 is 17.7 Å². The minimum Gasteiger partial charge on any atom is -0.481 e. The van der Waals surface area contributed by atoms with E-state index in [4.69, 9.17) is 5.11 Å². The van der Waals surface area contributed by atoms with Crippen molar-refractivity contribution in [1.29, 1.82) is 0 Å². The molecule has 2 rings (SSSR count). The molecule has 108 valence electrons. The lowest BCUT2D eigenvalue weighted by atomic mass is 10.2. The number of hydrogen-bond acceptors (Lipinski definition) is 5. The van der Waals surface area contributed by atoms with E-state index in [-0.39, 0.29) is 5.75 Å². The Bertz CT molecular complexity index is 619. The van der Waals surface area contributed by atoms with Gasteiger partial charge in [0.25, 0.3) is 0 Å². The first-order valence-corrected chi connectivity index (χ1v) is 7.30. The molecule has 0 amide bonds. The number of rotatable bonds is 6. The molecule has 0 saturated heterocycles. The van der Waals surface area contributed by atoms with Crippen LogP contribution in [0.25, 0.3) is 11.4 Å². The van der Waals surface area contributed by atoms with Gasteiger partial charge in [0.2, 0.25) is 0 Å². The van der Waals surface area contributed by atoms with Crippen LogP contribution in [0.15, 0.2) is 11.4 Å². The summed E-state index contributed by atoms with van der Waals surface area (Å²) in [5, 5.41) is 21.9. The third kappa shape index (κ3) is 2.84. The van der Waals surface area contributed by atoms with Crippen LogP contribution in [-0.2, 0) is 18.4 Å². The number of aromatic nitrogens is 5. The van der Waals surface area contributed by atoms with Crippen molar-refractivity contribution in [3.63, 3.8) is 0 Å². The Labute approximate surface area is 121 Å². The summed E-state index contributed by atoms with van der Waals surface area (Å²) in [4.78, 5) is 10.7. The second-order valence-electron chi connectivity index (χ2n) is 4.41. The van der Waals surface area contributed by atoms with Crippen LogP contribution < -0.4 is 0 Å². The predicted molar refractivity (Wildman–Crippen MR) is 75.6 cm³/mol. The highest BCUT2D eigenvalue weighted by Gasteiger charge is 2.18. The van der Waals surface area contributed by atoms with E-state index in [1.54, 1.807) is 10.9 Å². The Kier molecular flexibility index (Phi) is 4.43. The van der Waals surface area contributed by atoms with Crippen LogP contribution in [0.1, 0.15) is 19.0 Å². The molecule has 8 heteroatoms. The largest absolute Gasteiger partial charge is 0.481 e. The Morgan fingerprint density at radius 3 is 2.75 bits per heavy atom. The lowest BCUT2D eigenvalue weighted by molar-refractivity contribution is -0.133. The van der Waals surface area contributed by atoms with Gasteiger partial charge in [0, 0.05) is 19.3 Å². The van der Waals surface area contributed by atoms with Crippen LogP contribution in [0, 0.1) is 6.92 Å². The number of carboxylic acids is 1. The summed E-state index contributed by atoms with van der Waals surface area (Å²) in [5.41, 5.74) is 1.93. The summed E-state index contributed by atoms with van der Waals surface area (Å²) in [7, 11) is 1.87. The zero-order valence-corrected chi connectivity index (χ0v) is 12.5. The van der Waals surface area contributed by atoms with Gasteiger partial charge in [-0.15, -0.1) is 10.2 Å². The summed E-state index contributed by atoms with van der Waals surface area (Å²) in [6.45, 7) is 4.78. The number of thioether (sulfide) groups is 1. The monoisotopic (exact) mass is 295 g/mol. The molecular weight excluding hydrogens is 278 g/mol. The van der Waals surface area contributed by atoms with E-state index in [0.717, 1.165) is 30.0 Å². The van der Waals surface area contributed by atoms with Crippen molar-refractivity contribution < 1.29 is 9.90 Å². The van der Waals surface area contributed by atoms with Gasteiger partial charge in [0.15, 0.2) is 11.0 Å². The van der Waals surface area contributed by atoms with Gasteiger partial charge in [-0.2, -0.15) is 5.10 Å². The van der Waals surface area contributed by atoms with Gasteiger partial charge in [-0.1, -0.05) is 18.7 Å². The average molecular weight is 295 g/mol. The molecule has 0 aromatic carbocycles. The maximum Gasteiger partial charge on any atom is 0.313 e. The predicted octanol–water partition coefficient (Wildman–Crippen LogP) is 1.57. The summed E-state index contributed by atoms with van der Waals surface area (Å²) < 4.78 is 3.74. The van der Waals surface area contributed by atoms with E-state index in [1.165, 1.54) is 11.8 Å². The molecule has 0 spiro atoms. The van der Waals surface area contributed by atoms with Gasteiger partial charge in [0.05, 0.1) is 17.5 Å². The molecule has 0 fully saturated rings. The Morgan fingerprint density at radius 2 is 2.20 bits per heavy atom. The van der Waals surface area contributed by atoms with Gasteiger partial charge >= 0.3 is 5.97 Å². The van der Waals surface area contributed by atoms with Gasteiger partial charge in [-0.05, 0) is 13.3 Å². The molecule has 2 heterocycles. The molecule has 20 heavy (non-hydrogen) atoms. The van der Waals surface area contributed by atoms with Crippen LogP contribution >= 0.6 is 11.8 Å². The van der Waals surface area contributed by atoms with Gasteiger partial charge in [-0.3, -0.25) is 9.48 Å². The number of carbonyl (C=O) groups is 1. The molecule has 0 aliphatic carbocycles. The lowest BCUT2D eigenvalue weighted by Crippen LogP contribution is -2.05. The second-order valence-corrected chi connectivity index (χ2v) is 5.35. The van der Waals surface area contributed by atoms with E-state index in [2.05, 4.69) is 22.2 Å². The SMILES string of the molecule is CCCn1c(SCC(=O)O)nnc1-c1cnn(C)c1C. The maximum atomic E-state index is 10.7. The molecule has 0 aliphatic heterocycles. The molecule has 2 aromatic heterocycles. The molecule has 0 radical (unpaired) electrons. The van der Waals surface area contributed by atoms with Gasteiger partial charge in [0.1, 0.15) is 0 Å². The fraction of sp³-hybridized carbons (Fsp3) is 0.500. The van der Waals surface area contributed by atoms with Gasteiger partial charge < -0.3 is 9.67 Å². The number of hydrogen-bond donors (Lipinski definition) is 1. The molecule has 0 atom stereocenters. The molecule has 0 aliphatic rings. The summed E-state index contributed by atoms with van der Waals surface area (Å²) >= 11 is 1.19. The summed E-state index contributed by atoms with van der Waals surface area (Å²) in [6.07, 6.45) is 2.68. The van der Waals surface area contributed by atoms with Crippen molar-refractivity contribution in [2.45, 2.75) is 32.0 Å². The van der Waals surface area contributed by atoms with Gasteiger partial charge in [-0.25, -0.2) is 0 Å². The normalized spacial score (nSPS) is 10.9. The number of aliphatic carboxylic acids is 1. The quantitative estimate of drug-likeness (QED) is 0.814. The van der Waals surface area contributed by atoms with E-state index in [0.29, 0.717) is 5.16 Å². The summed E-state index contributed by atoms with van der Waals surface area (Å²) in [6, 6.07) is 0. The fourth-order valence-corrected chi connectivity index (χ4v) is 2.55. The number of carboxylic acid groups (broad SMARTS) is 1. The molecule has 1 N–H and O–H groups in total. The number of aryl methyl sites for hydroxylation is 1. The lowest BCUT2D eigenvalue weighted by Gasteiger charge is -2.07. The molecule has 0 unspecified atom stereocenters. The van der Waals surface area contributed by atoms with E-state index in [1.807, 2.05) is 18.5 Å². The maximum absolute atomic E-state index is 10.7. The minimum atomic E-state index is -0.861. The van der Waals surface area contributed by atoms with Crippen molar-refractivity contribution in [1.82, 2.24) is 24.5 Å². The first kappa shape index (κ1) is 14.6. The second kappa shape index (κ2) is 6.08. The summed E-state index contributed by atoms with van der Waals surface area (Å²) in [5.74, 6) is -0.140. The standard InChI is InChI=1S/C12H17N5O2S/c1-4-5-17-11(9-6-13-16(3)8(9)2)14-15-12(17)20-7-10(18)19/h6H,4-5,7H2,1-3H3,(H,18,19). The highest BCUT2D eigenvalue weighted by molar-refractivity contribution is 7.99. The molecular formula is C12H17N5O2S. The zero-order valence-electron chi connectivity index (χ0n) is 11.7. The Morgan fingerprint density at radius 1 is 1.45 bits per heavy atom. The topological polar surface area (TPSA) is 85.8 Å². The van der Waals surface area contributed by atoms with Crippen molar-refractivity contribution in [2.24, 2.45) is 7.05 Å². The molecule has 0 saturated carbocycles. The fourth-order valence-electron chi connectivity index (χ4n) is 1.86. The Balaban J connectivity index is 2.38. The first-order valence-electron chi connectivity index (χ1n) is 6.31. The van der Waals surface area contributed by atoms with Crippen LogP contribution in [0.4, 0.5) is 0 Å². The third-order valence-corrected chi connectivity index (χ3v) is 3.92. The third-order valence-electron chi connectivity index (χ3n) is 2.96. The number of nitrogens with zero attached hydrogens (tertiary/aromatic N) is 5. The zero-order chi connectivity index (χ0) is 14.7. The van der Waals surface area contributed by atoms with E-state index >= 15 is 0 Å². The Hall–Kier alpha value is -1.83. The molecule has 0 bridgehead atoms. The van der Waals surface area contributed by atoms with Crippen LogP contribution in [0.2, 0.25) is 0 Å². The van der Waals surface area contributed by atoms with Crippen LogP contribution in [0.5, 0.6) is 0 Å². The van der Waals surface area contributed by atoms with E-state index < -0.39 is 5.97 Å². The van der Waals surface area contributed by atoms with Crippen molar-refractivity contribution in [3.05, 3.63) is 11.9 Å². The van der Waals surface area contributed by atoms with Crippen LogP contribution in [-0.4, -0.2) is 41.4 Å². The smallest absolute Gasteiger partial charge is 0.313 e. The van der Waals surface area contributed by atoms with Crippen LogP contribution in [0.3, 0.4) is 0 Å². The first-order chi connectivity index (χ1) is 9.54. The molecule has 2 aromatic rings. The van der Waals surface area contributed by atoms with Crippen molar-refractivity contribution in [2.75, 3.05) is 5.75 Å². The molecule has 7 nitrogen and oxygen atoms in total.